The molecule has 2 aromatic rings. The first-order valence-electron chi connectivity index (χ1n) is 3.87. The van der Waals surface area contributed by atoms with Gasteiger partial charge in [0.05, 0.1) is 6.20 Å². The van der Waals surface area contributed by atoms with E-state index in [2.05, 4.69) is 15.4 Å². The summed E-state index contributed by atoms with van der Waals surface area (Å²) in [7, 11) is 0. The van der Waals surface area contributed by atoms with Crippen LogP contribution < -0.4 is 5.73 Å². The second kappa shape index (κ2) is 3.18. The minimum Gasteiger partial charge on any atom is -0.382 e. The first-order valence-corrected chi connectivity index (χ1v) is 3.87. The van der Waals surface area contributed by atoms with E-state index in [0.29, 0.717) is 5.82 Å². The Bertz CT molecular complexity index is 399. The van der Waals surface area contributed by atoms with Gasteiger partial charge in [-0.2, -0.15) is 0 Å². The zero-order chi connectivity index (χ0) is 9.10. The Hall–Kier alpha value is -1.97. The Morgan fingerprint density at radius 1 is 1.08 bits per heavy atom. The van der Waals surface area contributed by atoms with Gasteiger partial charge in [-0.05, 0) is 10.8 Å². The Morgan fingerprint density at radius 3 is 2.54 bits per heavy atom. The average Bonchev–Trinajstić information content (AvgIpc) is 2.20. The van der Waals surface area contributed by atoms with Gasteiger partial charge in [-0.1, -0.05) is 30.3 Å². The summed E-state index contributed by atoms with van der Waals surface area (Å²) in [6, 6.07) is 9.73. The quantitative estimate of drug-likeness (QED) is 0.700. The Labute approximate surface area is 75.4 Å². The van der Waals surface area contributed by atoms with Crippen LogP contribution in [0.3, 0.4) is 0 Å². The van der Waals surface area contributed by atoms with Crippen LogP contribution in [0.4, 0.5) is 5.82 Å². The summed E-state index contributed by atoms with van der Waals surface area (Å²) in [5.41, 5.74) is 7.46. The van der Waals surface area contributed by atoms with E-state index in [0.717, 1.165) is 11.1 Å². The van der Waals surface area contributed by atoms with Crippen molar-refractivity contribution in [2.75, 3.05) is 5.73 Å². The molecular formula is C9H8N4. The second-order valence-corrected chi connectivity index (χ2v) is 2.60. The minimum absolute atomic E-state index is 0.404. The van der Waals surface area contributed by atoms with Crippen molar-refractivity contribution in [3.05, 3.63) is 36.5 Å². The van der Waals surface area contributed by atoms with Crippen molar-refractivity contribution < 1.29 is 0 Å². The Kier molecular flexibility index (Phi) is 1.88. The molecule has 1 aromatic heterocycles. The molecule has 0 saturated heterocycles. The third-order valence-corrected chi connectivity index (χ3v) is 1.75. The monoisotopic (exact) mass is 172 g/mol. The van der Waals surface area contributed by atoms with Gasteiger partial charge >= 0.3 is 0 Å². The van der Waals surface area contributed by atoms with Crippen LogP contribution in [0.1, 0.15) is 0 Å². The van der Waals surface area contributed by atoms with Crippen molar-refractivity contribution >= 4 is 5.82 Å². The smallest absolute Gasteiger partial charge is 0.157 e. The number of nitrogens with zero attached hydrogens (tertiary/aromatic N) is 3. The highest BCUT2D eigenvalue weighted by Crippen LogP contribution is 2.21. The van der Waals surface area contributed by atoms with Crippen molar-refractivity contribution in [3.8, 4) is 11.1 Å². The highest BCUT2D eigenvalue weighted by atomic mass is 15.3. The molecule has 1 heterocycles. The molecular weight excluding hydrogens is 164 g/mol. The van der Waals surface area contributed by atoms with Crippen molar-refractivity contribution in [2.45, 2.75) is 0 Å². The Morgan fingerprint density at radius 2 is 1.85 bits per heavy atom. The molecule has 0 aliphatic carbocycles. The number of nitrogen functional groups attached to an aromatic ring is 1. The van der Waals surface area contributed by atoms with Gasteiger partial charge in [-0.25, -0.2) is 0 Å². The first-order chi connectivity index (χ1) is 6.38. The number of hydrogen-bond acceptors (Lipinski definition) is 4. The summed E-state index contributed by atoms with van der Waals surface area (Å²) in [6.45, 7) is 0. The lowest BCUT2D eigenvalue weighted by Gasteiger charge is -2.00. The van der Waals surface area contributed by atoms with E-state index in [9.17, 15) is 0 Å². The lowest BCUT2D eigenvalue weighted by atomic mass is 10.1. The maximum Gasteiger partial charge on any atom is 0.157 e. The molecule has 0 spiro atoms. The zero-order valence-electron chi connectivity index (χ0n) is 6.88. The molecule has 0 saturated carbocycles. The maximum atomic E-state index is 5.64. The topological polar surface area (TPSA) is 64.7 Å². The average molecular weight is 172 g/mol. The highest BCUT2D eigenvalue weighted by molar-refractivity contribution is 5.71. The number of rotatable bonds is 1. The fourth-order valence-electron chi connectivity index (χ4n) is 1.12. The van der Waals surface area contributed by atoms with E-state index >= 15 is 0 Å². The van der Waals surface area contributed by atoms with Gasteiger partial charge in [0.2, 0.25) is 0 Å². The fourth-order valence-corrected chi connectivity index (χ4v) is 1.12. The molecule has 0 radical (unpaired) electrons. The second-order valence-electron chi connectivity index (χ2n) is 2.60. The van der Waals surface area contributed by atoms with Crippen LogP contribution in [-0.2, 0) is 0 Å². The molecule has 64 valence electrons. The van der Waals surface area contributed by atoms with Crippen LogP contribution >= 0.6 is 0 Å². The maximum absolute atomic E-state index is 5.64. The van der Waals surface area contributed by atoms with E-state index in [1.807, 2.05) is 30.3 Å². The molecule has 0 amide bonds. The van der Waals surface area contributed by atoms with Crippen LogP contribution in [0.25, 0.3) is 11.1 Å². The van der Waals surface area contributed by atoms with E-state index in [1.54, 1.807) is 6.20 Å². The number of hydrogen-bond donors (Lipinski definition) is 1. The van der Waals surface area contributed by atoms with Gasteiger partial charge in [0.15, 0.2) is 5.82 Å². The highest BCUT2D eigenvalue weighted by Gasteiger charge is 2.02. The van der Waals surface area contributed by atoms with E-state index in [-0.39, 0.29) is 0 Å². The SMILES string of the molecule is Nc1nnncc1-c1ccccc1. The molecule has 4 nitrogen and oxygen atoms in total. The Balaban J connectivity index is 2.54. The van der Waals surface area contributed by atoms with Gasteiger partial charge in [0.1, 0.15) is 0 Å². The number of aromatic nitrogens is 3. The standard InChI is InChI=1S/C9H8N4/c10-9-8(6-11-13-12-9)7-4-2-1-3-5-7/h1-6H,(H2,10,11,12). The lowest BCUT2D eigenvalue weighted by Crippen LogP contribution is -1.97. The molecule has 0 fully saturated rings. The third kappa shape index (κ3) is 1.46. The molecule has 13 heavy (non-hydrogen) atoms. The van der Waals surface area contributed by atoms with Gasteiger partial charge in [-0.15, -0.1) is 10.2 Å². The summed E-state index contributed by atoms with van der Waals surface area (Å²) in [6.07, 6.45) is 1.61. The van der Waals surface area contributed by atoms with E-state index in [1.165, 1.54) is 0 Å². The van der Waals surface area contributed by atoms with Gasteiger partial charge in [-0.3, -0.25) is 0 Å². The molecule has 0 aliphatic heterocycles. The predicted molar refractivity (Wildman–Crippen MR) is 49.7 cm³/mol. The molecule has 0 bridgehead atoms. The van der Waals surface area contributed by atoms with Crippen molar-refractivity contribution in [2.24, 2.45) is 0 Å². The largest absolute Gasteiger partial charge is 0.382 e. The summed E-state index contributed by atoms with van der Waals surface area (Å²) < 4.78 is 0. The van der Waals surface area contributed by atoms with E-state index < -0.39 is 0 Å². The lowest BCUT2D eigenvalue weighted by molar-refractivity contribution is 0.875. The van der Waals surface area contributed by atoms with E-state index in [4.69, 9.17) is 5.73 Å². The van der Waals surface area contributed by atoms with Crippen molar-refractivity contribution in [3.63, 3.8) is 0 Å². The first kappa shape index (κ1) is 7.67. The third-order valence-electron chi connectivity index (χ3n) is 1.75. The minimum atomic E-state index is 0.404. The van der Waals surface area contributed by atoms with Crippen LogP contribution in [0, 0.1) is 0 Å². The van der Waals surface area contributed by atoms with Crippen LogP contribution in [0.5, 0.6) is 0 Å². The summed E-state index contributed by atoms with van der Waals surface area (Å²) >= 11 is 0. The summed E-state index contributed by atoms with van der Waals surface area (Å²) in [5, 5.41) is 10.8. The molecule has 0 atom stereocenters. The summed E-state index contributed by atoms with van der Waals surface area (Å²) in [4.78, 5) is 0. The van der Waals surface area contributed by atoms with Crippen LogP contribution in [-0.4, -0.2) is 15.4 Å². The number of benzene rings is 1. The summed E-state index contributed by atoms with van der Waals surface area (Å²) in [5.74, 6) is 0.404. The number of nitrogens with two attached hydrogens (primary N) is 1. The van der Waals surface area contributed by atoms with Gasteiger partial charge in [0, 0.05) is 5.56 Å². The van der Waals surface area contributed by atoms with Crippen LogP contribution in [0.2, 0.25) is 0 Å². The number of anilines is 1. The van der Waals surface area contributed by atoms with Crippen molar-refractivity contribution in [1.29, 1.82) is 0 Å². The van der Waals surface area contributed by atoms with Gasteiger partial charge in [0.25, 0.3) is 0 Å². The predicted octanol–water partition coefficient (Wildman–Crippen LogP) is 1.12. The van der Waals surface area contributed by atoms with Crippen molar-refractivity contribution in [1.82, 2.24) is 15.4 Å². The normalized spacial score (nSPS) is 9.85. The fraction of sp³-hybridized carbons (Fsp3) is 0. The molecule has 2 rings (SSSR count). The molecule has 0 unspecified atom stereocenters. The molecule has 0 aliphatic rings. The zero-order valence-corrected chi connectivity index (χ0v) is 6.88. The molecule has 1 aromatic carbocycles. The molecule has 2 N–H and O–H groups in total. The van der Waals surface area contributed by atoms with Gasteiger partial charge < -0.3 is 5.73 Å². The molecule has 4 heteroatoms. The van der Waals surface area contributed by atoms with Crippen LogP contribution in [0.15, 0.2) is 36.5 Å².